The fourth-order valence-electron chi connectivity index (χ4n) is 1.71. The van der Waals surface area contributed by atoms with Crippen LogP contribution in [0.2, 0.25) is 0 Å². The molecule has 0 fully saturated rings. The van der Waals surface area contributed by atoms with E-state index in [1.807, 2.05) is 19.9 Å². The van der Waals surface area contributed by atoms with Crippen LogP contribution in [0.1, 0.15) is 35.5 Å². The molecule has 0 unspecified atom stereocenters. The van der Waals surface area contributed by atoms with Crippen molar-refractivity contribution in [3.63, 3.8) is 0 Å². The molecular weight excluding hydrogens is 299 g/mol. The van der Waals surface area contributed by atoms with Crippen LogP contribution in [0.15, 0.2) is 30.3 Å². The average Bonchev–Trinajstić information content (AvgIpc) is 2.58. The maximum atomic E-state index is 13.8. The highest BCUT2D eigenvalue weighted by atomic mass is 19.1. The Kier molecular flexibility index (Phi) is 6.65. The van der Waals surface area contributed by atoms with Crippen molar-refractivity contribution in [2.75, 3.05) is 5.32 Å². The lowest BCUT2D eigenvalue weighted by Crippen LogP contribution is -2.20. The van der Waals surface area contributed by atoms with Crippen LogP contribution in [-0.2, 0) is 0 Å². The van der Waals surface area contributed by atoms with Gasteiger partial charge in [0.25, 0.3) is 5.91 Å². The van der Waals surface area contributed by atoms with Crippen LogP contribution < -0.4 is 10.8 Å². The summed E-state index contributed by atoms with van der Waals surface area (Å²) in [6.45, 7) is 5.74. The summed E-state index contributed by atoms with van der Waals surface area (Å²) in [6.07, 6.45) is 0. The first kappa shape index (κ1) is 18.1. The summed E-state index contributed by atoms with van der Waals surface area (Å²) in [4.78, 5) is 15.5. The number of pyridine rings is 1. The highest BCUT2D eigenvalue weighted by Crippen LogP contribution is 2.22. The van der Waals surface area contributed by atoms with Gasteiger partial charge >= 0.3 is 0 Å². The topological polar surface area (TPSA) is 98.0 Å². The van der Waals surface area contributed by atoms with Crippen LogP contribution in [-0.4, -0.2) is 16.1 Å². The molecule has 3 N–H and O–H groups in total. The fourth-order valence-corrected chi connectivity index (χ4v) is 1.71. The summed E-state index contributed by atoms with van der Waals surface area (Å²) in [5.74, 6) is -1.36. The van der Waals surface area contributed by atoms with Crippen LogP contribution in [0.3, 0.4) is 0 Å². The highest BCUT2D eigenvalue weighted by Gasteiger charge is 2.14. The number of anilines is 2. The number of benzene rings is 1. The zero-order valence-electron chi connectivity index (χ0n) is 13.0. The molecule has 0 saturated carbocycles. The van der Waals surface area contributed by atoms with Crippen molar-refractivity contribution in [3.05, 3.63) is 53.0 Å². The lowest BCUT2D eigenvalue weighted by molar-refractivity contribution is 0.0707. The molecule has 0 aliphatic heterocycles. The van der Waals surface area contributed by atoms with Crippen molar-refractivity contribution in [2.45, 2.75) is 20.8 Å². The Labute approximate surface area is 133 Å². The molecule has 120 valence electrons. The molecule has 0 bridgehead atoms. The van der Waals surface area contributed by atoms with E-state index in [9.17, 15) is 9.18 Å². The molecule has 1 heterocycles. The highest BCUT2D eigenvalue weighted by molar-refractivity contribution is 5.98. The van der Waals surface area contributed by atoms with Gasteiger partial charge in [0.05, 0.1) is 11.3 Å². The zero-order chi connectivity index (χ0) is 17.4. The quantitative estimate of drug-likeness (QED) is 0.596. The lowest BCUT2D eigenvalue weighted by atomic mass is 10.2. The molecule has 0 radical (unpaired) electrons. The molecule has 0 atom stereocenters. The molecule has 1 aromatic carbocycles. The predicted octanol–water partition coefficient (Wildman–Crippen LogP) is 3.29. The molecule has 2 rings (SSSR count). The van der Waals surface area contributed by atoms with E-state index in [-0.39, 0.29) is 22.8 Å². The molecule has 0 aliphatic carbocycles. The third-order valence-corrected chi connectivity index (χ3v) is 2.73. The van der Waals surface area contributed by atoms with Crippen LogP contribution in [0, 0.1) is 24.1 Å². The van der Waals surface area contributed by atoms with Crippen LogP contribution in [0.4, 0.5) is 15.9 Å². The van der Waals surface area contributed by atoms with Gasteiger partial charge in [0, 0.05) is 0 Å². The van der Waals surface area contributed by atoms with E-state index in [0.29, 0.717) is 0 Å². The van der Waals surface area contributed by atoms with E-state index in [1.165, 1.54) is 29.7 Å². The number of hydrogen-bond acceptors (Lipinski definition) is 5. The largest absolute Gasteiger partial charge is 0.337 e. The number of rotatable bonds is 3. The monoisotopic (exact) mass is 316 g/mol. The minimum absolute atomic E-state index is 0.0172. The van der Waals surface area contributed by atoms with Gasteiger partial charge in [0.1, 0.15) is 23.4 Å². The number of nitriles is 1. The summed E-state index contributed by atoms with van der Waals surface area (Å²) < 4.78 is 13.8. The molecule has 0 spiro atoms. The van der Waals surface area contributed by atoms with Crippen molar-refractivity contribution in [3.8, 4) is 6.07 Å². The zero-order valence-corrected chi connectivity index (χ0v) is 13.0. The molecule has 1 aromatic heterocycles. The number of carbonyl (C=O) groups excluding carboxylic acids is 1. The number of aryl methyl sites for hydroxylation is 1. The minimum atomic E-state index is -0.818. The van der Waals surface area contributed by atoms with Crippen molar-refractivity contribution >= 4 is 17.4 Å². The van der Waals surface area contributed by atoms with Gasteiger partial charge in [-0.15, -0.1) is 0 Å². The molecule has 1 amide bonds. The molecule has 0 saturated heterocycles. The second-order valence-electron chi connectivity index (χ2n) is 4.25. The Morgan fingerprint density at radius 3 is 2.57 bits per heavy atom. The molecule has 0 aliphatic rings. The SMILES string of the molecule is CC.Cc1ccc(Nc2nc(C#N)ccc2C(=O)NO)c(F)c1. The third-order valence-electron chi connectivity index (χ3n) is 2.73. The molecule has 23 heavy (non-hydrogen) atoms. The number of nitrogens with zero attached hydrogens (tertiary/aromatic N) is 2. The first-order chi connectivity index (χ1) is 11.0. The summed E-state index contributed by atoms with van der Waals surface area (Å²) in [7, 11) is 0. The van der Waals surface area contributed by atoms with Gasteiger partial charge in [-0.2, -0.15) is 5.26 Å². The van der Waals surface area contributed by atoms with Gasteiger partial charge in [0.15, 0.2) is 0 Å². The Balaban J connectivity index is 0.00000127. The normalized spacial score (nSPS) is 9.22. The van der Waals surface area contributed by atoms with Crippen molar-refractivity contribution in [1.29, 1.82) is 5.26 Å². The van der Waals surface area contributed by atoms with Gasteiger partial charge < -0.3 is 5.32 Å². The predicted molar refractivity (Wildman–Crippen MR) is 84.0 cm³/mol. The van der Waals surface area contributed by atoms with E-state index in [4.69, 9.17) is 10.5 Å². The maximum absolute atomic E-state index is 13.8. The Morgan fingerprint density at radius 2 is 2.00 bits per heavy atom. The number of halogens is 1. The summed E-state index contributed by atoms with van der Waals surface area (Å²) in [6, 6.07) is 8.95. The number of hydroxylamine groups is 1. The van der Waals surface area contributed by atoms with Crippen LogP contribution >= 0.6 is 0 Å². The molecule has 2 aromatic rings. The summed E-state index contributed by atoms with van der Waals surface area (Å²) >= 11 is 0. The summed E-state index contributed by atoms with van der Waals surface area (Å²) in [5, 5.41) is 20.2. The number of nitrogens with one attached hydrogen (secondary N) is 2. The van der Waals surface area contributed by atoms with Gasteiger partial charge in [0.2, 0.25) is 0 Å². The van der Waals surface area contributed by atoms with E-state index in [0.717, 1.165) is 5.56 Å². The first-order valence-electron chi connectivity index (χ1n) is 6.94. The minimum Gasteiger partial charge on any atom is -0.337 e. The average molecular weight is 316 g/mol. The summed E-state index contributed by atoms with van der Waals surface area (Å²) in [5.41, 5.74) is 2.36. The van der Waals surface area contributed by atoms with Gasteiger partial charge in [-0.3, -0.25) is 10.0 Å². The van der Waals surface area contributed by atoms with Crippen molar-refractivity contribution < 1.29 is 14.4 Å². The molecule has 7 heteroatoms. The van der Waals surface area contributed by atoms with E-state index in [2.05, 4.69) is 10.3 Å². The number of amides is 1. The van der Waals surface area contributed by atoms with Crippen LogP contribution in [0.25, 0.3) is 0 Å². The van der Waals surface area contributed by atoms with E-state index < -0.39 is 11.7 Å². The third kappa shape index (κ3) is 4.49. The maximum Gasteiger partial charge on any atom is 0.278 e. The van der Waals surface area contributed by atoms with Gasteiger partial charge in [-0.25, -0.2) is 14.9 Å². The van der Waals surface area contributed by atoms with E-state index >= 15 is 0 Å². The lowest BCUT2D eigenvalue weighted by Gasteiger charge is -2.11. The first-order valence-corrected chi connectivity index (χ1v) is 6.94. The Bertz CT molecular complexity index is 741. The van der Waals surface area contributed by atoms with Gasteiger partial charge in [-0.1, -0.05) is 19.9 Å². The van der Waals surface area contributed by atoms with Crippen molar-refractivity contribution in [2.24, 2.45) is 0 Å². The van der Waals surface area contributed by atoms with Gasteiger partial charge in [-0.05, 0) is 36.8 Å². The molecule has 6 nitrogen and oxygen atoms in total. The Hall–Kier alpha value is -2.98. The number of hydrogen-bond donors (Lipinski definition) is 3. The number of carbonyl (C=O) groups is 1. The fraction of sp³-hybridized carbons (Fsp3) is 0.188. The Morgan fingerprint density at radius 1 is 1.30 bits per heavy atom. The number of aromatic nitrogens is 1. The van der Waals surface area contributed by atoms with Crippen molar-refractivity contribution in [1.82, 2.24) is 10.5 Å². The second kappa shape index (κ2) is 8.46. The van der Waals surface area contributed by atoms with E-state index in [1.54, 1.807) is 13.0 Å². The molecular formula is C16H17FN4O2. The van der Waals surface area contributed by atoms with Crippen LogP contribution in [0.5, 0.6) is 0 Å². The standard InChI is InChI=1S/C14H11FN4O2.C2H6/c1-8-2-5-12(11(15)6-8)18-13-10(14(20)19-21)4-3-9(7-16)17-13;1-2/h2-6,21H,1H3,(H,17,18)(H,19,20);1-2H3. The second-order valence-corrected chi connectivity index (χ2v) is 4.25. The smallest absolute Gasteiger partial charge is 0.278 e.